The maximum Gasteiger partial charge on any atom is 0.323 e. The third-order valence-electron chi connectivity index (χ3n) is 3.30. The fourth-order valence-electron chi connectivity index (χ4n) is 2.33. The van der Waals surface area contributed by atoms with E-state index in [1.54, 1.807) is 0 Å². The summed E-state index contributed by atoms with van der Waals surface area (Å²) < 4.78 is 0. The molecule has 0 aromatic heterocycles. The Morgan fingerprint density at radius 2 is 2.10 bits per heavy atom. The van der Waals surface area contributed by atoms with Gasteiger partial charge in [0, 0.05) is 6.54 Å². The molecular weight excluding hydrogens is 256 g/mol. The maximum absolute atomic E-state index is 12.3. The molecule has 1 amide bonds. The van der Waals surface area contributed by atoms with Crippen LogP contribution in [0.25, 0.3) is 0 Å². The van der Waals surface area contributed by atoms with E-state index in [4.69, 9.17) is 11.5 Å². The first-order chi connectivity index (χ1) is 9.61. The number of carboxylic acid groups (broad SMARTS) is 1. The molecule has 0 spiro atoms. The molecule has 1 atom stereocenters. The highest BCUT2D eigenvalue weighted by atomic mass is 16.4. The second-order valence-corrected chi connectivity index (χ2v) is 4.70. The molecule has 0 bridgehead atoms. The predicted octanol–water partition coefficient (Wildman–Crippen LogP) is 0.247. The monoisotopic (exact) mass is 272 g/mol. The summed E-state index contributed by atoms with van der Waals surface area (Å²) in [5.74, 6) is 0.997. The van der Waals surface area contributed by atoms with Gasteiger partial charge in [-0.2, -0.15) is 0 Å². The molecule has 104 valence electrons. The van der Waals surface area contributed by atoms with Crippen molar-refractivity contribution in [2.24, 2.45) is 0 Å². The number of carbonyl (C=O) groups is 2. The first kappa shape index (κ1) is 14.1. The van der Waals surface area contributed by atoms with E-state index in [2.05, 4.69) is 11.2 Å². The number of fused-ring (bicyclic) bond motifs is 1. The minimum Gasteiger partial charge on any atom is -0.480 e. The number of hydrogen-bond acceptors (Lipinski definition) is 3. The summed E-state index contributed by atoms with van der Waals surface area (Å²) in [6, 6.07) is 7.47. The number of carbonyl (C=O) groups excluding carboxylic acids is 1. The summed E-state index contributed by atoms with van der Waals surface area (Å²) in [7, 11) is 0. The second kappa shape index (κ2) is 6.22. The summed E-state index contributed by atoms with van der Waals surface area (Å²) in [6.07, 6.45) is 5.74. The van der Waals surface area contributed by atoms with Crippen molar-refractivity contribution in [1.82, 2.24) is 10.2 Å². The van der Waals surface area contributed by atoms with Crippen LogP contribution in [0, 0.1) is 12.3 Å². The van der Waals surface area contributed by atoms with Gasteiger partial charge in [-0.25, -0.2) is 0 Å². The Hall–Kier alpha value is -2.32. The van der Waals surface area contributed by atoms with Crippen LogP contribution in [-0.2, 0) is 22.6 Å². The Morgan fingerprint density at radius 3 is 2.75 bits per heavy atom. The number of nitrogens with zero attached hydrogens (tertiary/aromatic N) is 1. The van der Waals surface area contributed by atoms with Gasteiger partial charge in [-0.15, -0.1) is 6.42 Å². The molecule has 2 rings (SSSR count). The summed E-state index contributed by atoms with van der Waals surface area (Å²) in [6.45, 7) is 0.233. The smallest absolute Gasteiger partial charge is 0.323 e. The topological polar surface area (TPSA) is 69.6 Å². The molecule has 1 aromatic carbocycles. The molecule has 1 heterocycles. The van der Waals surface area contributed by atoms with Crippen molar-refractivity contribution in [2.75, 3.05) is 13.1 Å². The fourth-order valence-corrected chi connectivity index (χ4v) is 2.33. The zero-order valence-electron chi connectivity index (χ0n) is 11.0. The van der Waals surface area contributed by atoms with E-state index >= 15 is 0 Å². The van der Waals surface area contributed by atoms with Gasteiger partial charge in [0.1, 0.15) is 6.54 Å². The zero-order valence-corrected chi connectivity index (χ0v) is 11.0. The van der Waals surface area contributed by atoms with Gasteiger partial charge in [0.15, 0.2) is 0 Å². The van der Waals surface area contributed by atoms with Crippen molar-refractivity contribution in [3.63, 3.8) is 0 Å². The third-order valence-corrected chi connectivity index (χ3v) is 3.30. The molecule has 20 heavy (non-hydrogen) atoms. The minimum absolute atomic E-state index is 0.00492. The van der Waals surface area contributed by atoms with Crippen LogP contribution in [0.3, 0.4) is 0 Å². The normalized spacial score (nSPS) is 16.9. The van der Waals surface area contributed by atoms with Gasteiger partial charge in [-0.3, -0.25) is 9.59 Å². The number of hydrogen-bond donors (Lipinski definition) is 2. The summed E-state index contributed by atoms with van der Waals surface area (Å²) in [5.41, 5.74) is 2.28. The number of amides is 1. The largest absolute Gasteiger partial charge is 0.480 e. The van der Waals surface area contributed by atoms with E-state index in [0.29, 0.717) is 13.0 Å². The highest BCUT2D eigenvalue weighted by Crippen LogP contribution is 2.17. The van der Waals surface area contributed by atoms with E-state index in [-0.39, 0.29) is 19.0 Å². The number of benzene rings is 1. The number of nitrogens with one attached hydrogen (secondary N) is 1. The Balaban J connectivity index is 2.10. The molecule has 0 saturated carbocycles. The molecule has 5 heteroatoms. The van der Waals surface area contributed by atoms with Gasteiger partial charge in [0.2, 0.25) is 5.91 Å². The highest BCUT2D eigenvalue weighted by molar-refractivity contribution is 5.86. The molecule has 0 aliphatic carbocycles. The van der Waals surface area contributed by atoms with Crippen molar-refractivity contribution >= 4 is 11.9 Å². The van der Waals surface area contributed by atoms with Crippen LogP contribution in [0.2, 0.25) is 0 Å². The average Bonchev–Trinajstić information content (AvgIpc) is 2.45. The average molecular weight is 272 g/mol. The number of terminal acetylenes is 1. The summed E-state index contributed by atoms with van der Waals surface area (Å²) in [5, 5.41) is 12.0. The van der Waals surface area contributed by atoms with E-state index < -0.39 is 12.0 Å². The second-order valence-electron chi connectivity index (χ2n) is 4.70. The number of rotatable bonds is 4. The Kier molecular flexibility index (Phi) is 4.38. The van der Waals surface area contributed by atoms with Gasteiger partial charge >= 0.3 is 5.97 Å². The number of carboxylic acids is 1. The lowest BCUT2D eigenvalue weighted by Gasteiger charge is -2.29. The summed E-state index contributed by atoms with van der Waals surface area (Å²) in [4.78, 5) is 24.3. The maximum atomic E-state index is 12.3. The molecular formula is C15H16N2O3. The van der Waals surface area contributed by atoms with Crippen molar-refractivity contribution in [3.05, 3.63) is 35.4 Å². The first-order valence-electron chi connectivity index (χ1n) is 6.36. The Labute approximate surface area is 117 Å². The Bertz CT molecular complexity index is 562. The van der Waals surface area contributed by atoms with Crippen molar-refractivity contribution in [3.8, 4) is 12.3 Å². The van der Waals surface area contributed by atoms with Gasteiger partial charge in [0.05, 0.1) is 12.6 Å². The quantitative estimate of drug-likeness (QED) is 0.771. The molecule has 0 saturated heterocycles. The lowest BCUT2D eigenvalue weighted by Crippen LogP contribution is -2.50. The van der Waals surface area contributed by atoms with Crippen LogP contribution in [0.15, 0.2) is 24.3 Å². The lowest BCUT2D eigenvalue weighted by molar-refractivity contribution is -0.144. The van der Waals surface area contributed by atoms with Crippen LogP contribution in [0.1, 0.15) is 11.1 Å². The summed E-state index contributed by atoms with van der Waals surface area (Å²) >= 11 is 0. The third kappa shape index (κ3) is 3.16. The molecule has 0 unspecified atom stereocenters. The van der Waals surface area contributed by atoms with Crippen molar-refractivity contribution in [2.45, 2.75) is 19.0 Å². The van der Waals surface area contributed by atoms with E-state index in [9.17, 15) is 9.59 Å². The predicted molar refractivity (Wildman–Crippen MR) is 73.8 cm³/mol. The fraction of sp³-hybridized carbons (Fsp3) is 0.333. The standard InChI is InChI=1S/C15H16N2O3/c1-2-7-17(10-14(18)19)15(20)13-8-11-5-3-4-6-12(11)9-16-13/h1,3-6,13,16H,7-10H2,(H,18,19)/t13-/m0/s1. The highest BCUT2D eigenvalue weighted by Gasteiger charge is 2.28. The van der Waals surface area contributed by atoms with E-state index in [0.717, 1.165) is 5.56 Å². The molecule has 1 aliphatic heterocycles. The van der Waals surface area contributed by atoms with E-state index in [1.165, 1.54) is 10.5 Å². The molecule has 1 aromatic rings. The van der Waals surface area contributed by atoms with Gasteiger partial charge in [-0.1, -0.05) is 30.2 Å². The minimum atomic E-state index is -1.06. The van der Waals surface area contributed by atoms with Crippen molar-refractivity contribution in [1.29, 1.82) is 0 Å². The molecule has 5 nitrogen and oxygen atoms in total. The van der Waals surface area contributed by atoms with Crippen LogP contribution < -0.4 is 5.32 Å². The van der Waals surface area contributed by atoms with Crippen LogP contribution in [-0.4, -0.2) is 41.0 Å². The Morgan fingerprint density at radius 1 is 1.40 bits per heavy atom. The van der Waals surface area contributed by atoms with Crippen LogP contribution in [0.5, 0.6) is 0 Å². The van der Waals surface area contributed by atoms with Crippen LogP contribution >= 0.6 is 0 Å². The lowest BCUT2D eigenvalue weighted by atomic mass is 9.95. The van der Waals surface area contributed by atoms with Crippen LogP contribution in [0.4, 0.5) is 0 Å². The van der Waals surface area contributed by atoms with Gasteiger partial charge in [0.25, 0.3) is 0 Å². The molecule has 0 fully saturated rings. The van der Waals surface area contributed by atoms with Crippen molar-refractivity contribution < 1.29 is 14.7 Å². The number of aliphatic carboxylic acids is 1. The van der Waals surface area contributed by atoms with Gasteiger partial charge < -0.3 is 15.3 Å². The first-order valence-corrected chi connectivity index (χ1v) is 6.36. The zero-order chi connectivity index (χ0) is 14.5. The molecule has 2 N–H and O–H groups in total. The molecule has 0 radical (unpaired) electrons. The van der Waals surface area contributed by atoms with Gasteiger partial charge in [-0.05, 0) is 17.5 Å². The molecule has 1 aliphatic rings. The van der Waals surface area contributed by atoms with E-state index in [1.807, 2.05) is 24.3 Å². The SMILES string of the molecule is C#CCN(CC(=O)O)C(=O)[C@@H]1Cc2ccccc2CN1.